The van der Waals surface area contributed by atoms with Gasteiger partial charge in [-0.3, -0.25) is 19.7 Å². The number of hydrogen-bond acceptors (Lipinski definition) is 6. The summed E-state index contributed by atoms with van der Waals surface area (Å²) in [5, 5.41) is 10.9. The van der Waals surface area contributed by atoms with Crippen LogP contribution in [-0.2, 0) is 16.0 Å². The molecule has 1 atom stereocenters. The molecule has 1 unspecified atom stereocenters. The van der Waals surface area contributed by atoms with Gasteiger partial charge in [0.05, 0.1) is 29.3 Å². The number of ether oxygens (including phenoxy) is 1. The van der Waals surface area contributed by atoms with E-state index in [1.54, 1.807) is 6.92 Å². The van der Waals surface area contributed by atoms with Crippen LogP contribution < -0.4 is 5.56 Å². The largest absolute Gasteiger partial charge is 0.469 e. The molecule has 2 aromatic heterocycles. The van der Waals surface area contributed by atoms with Crippen molar-refractivity contribution in [1.29, 1.82) is 0 Å². The van der Waals surface area contributed by atoms with Gasteiger partial charge in [0, 0.05) is 24.1 Å². The number of methoxy groups -OCH3 is 1. The van der Waals surface area contributed by atoms with Gasteiger partial charge >= 0.3 is 17.2 Å². The number of carbonyl (C=O) groups is 1. The lowest BCUT2D eigenvalue weighted by atomic mass is 10.1. The molecule has 0 saturated heterocycles. The van der Waals surface area contributed by atoms with Gasteiger partial charge in [-0.15, -0.1) is 0 Å². The van der Waals surface area contributed by atoms with E-state index < -0.39 is 39.7 Å². The van der Waals surface area contributed by atoms with Crippen LogP contribution in [0.1, 0.15) is 12.7 Å². The van der Waals surface area contributed by atoms with Crippen LogP contribution in [0.15, 0.2) is 35.1 Å². The Balaban J connectivity index is 2.15. The Hall–Kier alpha value is -3.89. The number of aromatic amines is 2. The fraction of sp³-hybridized carbons (Fsp3) is 0.211. The number of rotatable bonds is 6. The van der Waals surface area contributed by atoms with Crippen molar-refractivity contribution in [2.24, 2.45) is 5.92 Å². The molecule has 2 heterocycles. The first-order chi connectivity index (χ1) is 14.2. The molecular weight excluding hydrogens is 402 g/mol. The Bertz CT molecular complexity index is 1190. The molecule has 0 bridgehead atoms. The number of aromatic nitrogens is 3. The summed E-state index contributed by atoms with van der Waals surface area (Å²) in [6.07, 6.45) is 0.111. The highest BCUT2D eigenvalue weighted by molar-refractivity contribution is 5.77. The second kappa shape index (κ2) is 8.23. The van der Waals surface area contributed by atoms with Crippen LogP contribution in [0.25, 0.3) is 22.6 Å². The zero-order chi connectivity index (χ0) is 22.0. The minimum atomic E-state index is -0.956. The number of nitro groups is 1. The number of benzene rings is 1. The average molecular weight is 418 g/mol. The monoisotopic (exact) mass is 418 g/mol. The summed E-state index contributed by atoms with van der Waals surface area (Å²) in [6.45, 7) is 1.61. The first-order valence-corrected chi connectivity index (χ1v) is 8.71. The van der Waals surface area contributed by atoms with Crippen molar-refractivity contribution in [3.05, 3.63) is 68.3 Å². The molecule has 0 spiro atoms. The third-order valence-electron chi connectivity index (χ3n) is 4.40. The maximum Gasteiger partial charge on any atom is 0.333 e. The van der Waals surface area contributed by atoms with E-state index in [4.69, 9.17) is 0 Å². The molecule has 0 amide bonds. The Morgan fingerprint density at radius 1 is 1.27 bits per heavy atom. The maximum atomic E-state index is 14.4. The molecule has 11 heteroatoms. The Morgan fingerprint density at radius 3 is 2.60 bits per heavy atom. The van der Waals surface area contributed by atoms with Crippen molar-refractivity contribution in [3.8, 4) is 22.6 Å². The van der Waals surface area contributed by atoms with Crippen LogP contribution in [-0.4, -0.2) is 33.0 Å². The van der Waals surface area contributed by atoms with Crippen molar-refractivity contribution in [2.45, 2.75) is 13.3 Å². The van der Waals surface area contributed by atoms with Gasteiger partial charge in [0.25, 0.3) is 0 Å². The lowest BCUT2D eigenvalue weighted by molar-refractivity contribution is -0.386. The highest BCUT2D eigenvalue weighted by Crippen LogP contribution is 2.31. The molecule has 1 aromatic carbocycles. The molecule has 0 aliphatic carbocycles. The molecule has 3 rings (SSSR count). The SMILES string of the molecule is COC(=O)C(C)Cc1nc(-c2ccc(F)cc2F)c(-c2ccc([N+](=O)[O-])c(=O)[nH]2)[nH]1. The lowest BCUT2D eigenvalue weighted by Gasteiger charge is -2.06. The first kappa shape index (κ1) is 20.8. The number of hydrogen-bond donors (Lipinski definition) is 2. The van der Waals surface area contributed by atoms with Crippen LogP contribution >= 0.6 is 0 Å². The number of imidazole rings is 1. The lowest BCUT2D eigenvalue weighted by Crippen LogP contribution is -2.15. The number of pyridine rings is 1. The van der Waals surface area contributed by atoms with E-state index in [2.05, 4.69) is 19.7 Å². The maximum absolute atomic E-state index is 14.4. The van der Waals surface area contributed by atoms with Crippen molar-refractivity contribution in [2.75, 3.05) is 7.11 Å². The fourth-order valence-electron chi connectivity index (χ4n) is 2.92. The molecule has 3 aromatic rings. The van der Waals surface area contributed by atoms with Crippen LogP contribution in [0.3, 0.4) is 0 Å². The smallest absolute Gasteiger partial charge is 0.333 e. The summed E-state index contributed by atoms with van der Waals surface area (Å²) in [5.41, 5.74) is -1.37. The summed E-state index contributed by atoms with van der Waals surface area (Å²) in [6, 6.07) is 5.19. The number of halogens is 2. The number of H-pyrrole nitrogens is 2. The van der Waals surface area contributed by atoms with Gasteiger partial charge < -0.3 is 14.7 Å². The van der Waals surface area contributed by atoms with Gasteiger partial charge in [0.1, 0.15) is 23.2 Å². The summed E-state index contributed by atoms with van der Waals surface area (Å²) in [4.78, 5) is 43.3. The second-order valence-electron chi connectivity index (χ2n) is 6.50. The minimum Gasteiger partial charge on any atom is -0.469 e. The number of esters is 1. The molecular formula is C19H16F2N4O5. The average Bonchev–Trinajstić information content (AvgIpc) is 3.10. The number of nitrogens with zero attached hydrogens (tertiary/aromatic N) is 2. The van der Waals surface area contributed by atoms with Gasteiger partial charge in [-0.1, -0.05) is 6.92 Å². The van der Waals surface area contributed by atoms with E-state index in [0.29, 0.717) is 6.07 Å². The van der Waals surface area contributed by atoms with E-state index in [1.165, 1.54) is 19.2 Å². The standard InChI is InChI=1S/C19H16F2N4O5/c1-9(19(27)30-2)7-15-23-16(11-4-3-10(20)8-12(11)21)17(24-15)13-5-6-14(25(28)29)18(26)22-13/h3-6,8-9H,7H2,1-2H3,(H,22,26)(H,23,24). The topological polar surface area (TPSA) is 131 Å². The van der Waals surface area contributed by atoms with Crippen molar-refractivity contribution >= 4 is 11.7 Å². The molecule has 0 fully saturated rings. The molecule has 2 N–H and O–H groups in total. The predicted octanol–water partition coefficient (Wildman–Crippen LogP) is 2.97. The van der Waals surface area contributed by atoms with E-state index in [0.717, 1.165) is 12.1 Å². The van der Waals surface area contributed by atoms with E-state index in [9.17, 15) is 28.5 Å². The summed E-state index contributed by atoms with van der Waals surface area (Å²) >= 11 is 0. The highest BCUT2D eigenvalue weighted by atomic mass is 19.1. The zero-order valence-electron chi connectivity index (χ0n) is 15.9. The van der Waals surface area contributed by atoms with E-state index >= 15 is 0 Å². The van der Waals surface area contributed by atoms with Gasteiger partial charge in [-0.05, 0) is 18.2 Å². The van der Waals surface area contributed by atoms with Crippen LogP contribution in [0, 0.1) is 27.7 Å². The molecule has 0 saturated carbocycles. The normalized spacial score (nSPS) is 11.9. The summed E-state index contributed by atoms with van der Waals surface area (Å²) in [5.74, 6) is -2.45. The molecule has 0 aliphatic heterocycles. The van der Waals surface area contributed by atoms with Crippen molar-refractivity contribution in [3.63, 3.8) is 0 Å². The number of nitrogens with one attached hydrogen (secondary N) is 2. The van der Waals surface area contributed by atoms with Crippen LogP contribution in [0.4, 0.5) is 14.5 Å². The van der Waals surface area contributed by atoms with Gasteiger partial charge in [-0.2, -0.15) is 0 Å². The van der Waals surface area contributed by atoms with Crippen LogP contribution in [0.2, 0.25) is 0 Å². The van der Waals surface area contributed by atoms with Gasteiger partial charge in [0.15, 0.2) is 0 Å². The molecule has 0 aliphatic rings. The fourth-order valence-corrected chi connectivity index (χ4v) is 2.92. The zero-order valence-corrected chi connectivity index (χ0v) is 15.9. The molecule has 156 valence electrons. The molecule has 30 heavy (non-hydrogen) atoms. The van der Waals surface area contributed by atoms with Crippen molar-refractivity contribution < 1.29 is 23.2 Å². The van der Waals surface area contributed by atoms with Gasteiger partial charge in [-0.25, -0.2) is 13.8 Å². The van der Waals surface area contributed by atoms with Crippen molar-refractivity contribution in [1.82, 2.24) is 15.0 Å². The minimum absolute atomic E-state index is 0.0454. The quantitative estimate of drug-likeness (QED) is 0.359. The molecule has 0 radical (unpaired) electrons. The van der Waals surface area contributed by atoms with E-state index in [-0.39, 0.29) is 34.9 Å². The third kappa shape index (κ3) is 4.09. The van der Waals surface area contributed by atoms with Gasteiger partial charge in [0.2, 0.25) is 0 Å². The second-order valence-corrected chi connectivity index (χ2v) is 6.50. The Morgan fingerprint density at radius 2 is 2.00 bits per heavy atom. The summed E-state index contributed by atoms with van der Waals surface area (Å²) in [7, 11) is 1.24. The Kier molecular flexibility index (Phi) is 5.72. The predicted molar refractivity (Wildman–Crippen MR) is 102 cm³/mol. The first-order valence-electron chi connectivity index (χ1n) is 8.71. The van der Waals surface area contributed by atoms with Crippen LogP contribution in [0.5, 0.6) is 0 Å². The van der Waals surface area contributed by atoms with E-state index in [1.807, 2.05) is 0 Å². The Labute approximate surface area is 167 Å². The third-order valence-corrected chi connectivity index (χ3v) is 4.40. The molecule has 9 nitrogen and oxygen atoms in total. The number of carbonyl (C=O) groups excluding carboxylic acids is 1. The summed E-state index contributed by atoms with van der Waals surface area (Å²) < 4.78 is 32.4. The highest BCUT2D eigenvalue weighted by Gasteiger charge is 2.23.